The van der Waals surface area contributed by atoms with E-state index in [1.165, 1.54) is 18.2 Å². The second kappa shape index (κ2) is 9.19. The minimum absolute atomic E-state index is 0.0848. The molecule has 156 valence electrons. The van der Waals surface area contributed by atoms with Crippen LogP contribution in [0.3, 0.4) is 0 Å². The number of rotatable bonds is 7. The number of anilines is 2. The van der Waals surface area contributed by atoms with Crippen molar-refractivity contribution in [2.45, 2.75) is 11.8 Å². The molecule has 0 aliphatic rings. The van der Waals surface area contributed by atoms with Crippen molar-refractivity contribution >= 4 is 38.9 Å². The zero-order chi connectivity index (χ0) is 21.7. The lowest BCUT2D eigenvalue weighted by Gasteiger charge is -2.26. The molecule has 3 aromatic carbocycles. The summed E-state index contributed by atoms with van der Waals surface area (Å²) in [5, 5.41) is 3.09. The number of carbonyl (C=O) groups excluding carboxylic acids is 1. The summed E-state index contributed by atoms with van der Waals surface area (Å²) < 4.78 is 32.9. The third-order valence-electron chi connectivity index (χ3n) is 4.43. The largest absolute Gasteiger partial charge is 0.497 e. The number of sulfonamides is 1. The highest BCUT2D eigenvalue weighted by atomic mass is 35.5. The number of methoxy groups -OCH3 is 1. The first-order chi connectivity index (χ1) is 14.3. The van der Waals surface area contributed by atoms with Gasteiger partial charge in [-0.2, -0.15) is 0 Å². The Morgan fingerprint density at radius 3 is 2.33 bits per heavy atom. The van der Waals surface area contributed by atoms with Gasteiger partial charge in [0.1, 0.15) is 12.3 Å². The zero-order valence-corrected chi connectivity index (χ0v) is 18.1. The Labute approximate surface area is 181 Å². The maximum absolute atomic E-state index is 13.4. The number of nitrogens with zero attached hydrogens (tertiary/aromatic N) is 1. The molecule has 30 heavy (non-hydrogen) atoms. The molecule has 0 aromatic heterocycles. The Hall–Kier alpha value is -3.03. The van der Waals surface area contributed by atoms with Crippen molar-refractivity contribution in [3.63, 3.8) is 0 Å². The predicted octanol–water partition coefficient (Wildman–Crippen LogP) is 4.49. The van der Waals surface area contributed by atoms with E-state index in [0.29, 0.717) is 27.7 Å². The van der Waals surface area contributed by atoms with Crippen LogP contribution in [0, 0.1) is 6.92 Å². The third kappa shape index (κ3) is 4.93. The first-order valence-corrected chi connectivity index (χ1v) is 10.9. The van der Waals surface area contributed by atoms with E-state index in [-0.39, 0.29) is 4.90 Å². The maximum atomic E-state index is 13.4. The van der Waals surface area contributed by atoms with Gasteiger partial charge in [0.15, 0.2) is 0 Å². The summed E-state index contributed by atoms with van der Waals surface area (Å²) in [6.07, 6.45) is 0. The average molecular weight is 445 g/mol. The highest BCUT2D eigenvalue weighted by Crippen LogP contribution is 2.29. The number of amides is 1. The van der Waals surface area contributed by atoms with Crippen molar-refractivity contribution in [2.75, 3.05) is 23.3 Å². The lowest BCUT2D eigenvalue weighted by Crippen LogP contribution is -2.38. The van der Waals surface area contributed by atoms with Crippen LogP contribution < -0.4 is 14.4 Å². The molecular weight excluding hydrogens is 424 g/mol. The number of nitrogens with one attached hydrogen (secondary N) is 1. The van der Waals surface area contributed by atoms with Gasteiger partial charge in [-0.1, -0.05) is 35.9 Å². The summed E-state index contributed by atoms with van der Waals surface area (Å²) in [4.78, 5) is 12.8. The summed E-state index contributed by atoms with van der Waals surface area (Å²) in [7, 11) is -2.45. The molecule has 0 aliphatic heterocycles. The molecule has 0 saturated heterocycles. The fourth-order valence-corrected chi connectivity index (χ4v) is 4.54. The van der Waals surface area contributed by atoms with Crippen LogP contribution in [0.15, 0.2) is 77.7 Å². The monoisotopic (exact) mass is 444 g/mol. The van der Waals surface area contributed by atoms with E-state index >= 15 is 0 Å². The summed E-state index contributed by atoms with van der Waals surface area (Å²) >= 11 is 6.12. The molecule has 0 radical (unpaired) electrons. The summed E-state index contributed by atoms with van der Waals surface area (Å²) in [6, 6.07) is 19.7. The van der Waals surface area contributed by atoms with Gasteiger partial charge >= 0.3 is 0 Å². The summed E-state index contributed by atoms with van der Waals surface area (Å²) in [5.41, 5.74) is 1.55. The second-order valence-corrected chi connectivity index (χ2v) is 8.83. The van der Waals surface area contributed by atoms with Gasteiger partial charge in [-0.3, -0.25) is 9.10 Å². The lowest BCUT2D eigenvalue weighted by molar-refractivity contribution is -0.114. The number of aryl methyl sites for hydroxylation is 1. The molecule has 0 unspecified atom stereocenters. The van der Waals surface area contributed by atoms with E-state index in [4.69, 9.17) is 16.3 Å². The average Bonchev–Trinajstić information content (AvgIpc) is 2.75. The number of hydrogen-bond donors (Lipinski definition) is 1. The van der Waals surface area contributed by atoms with Gasteiger partial charge < -0.3 is 10.1 Å². The number of halogens is 1. The van der Waals surface area contributed by atoms with E-state index in [2.05, 4.69) is 5.32 Å². The standard InChI is InChI=1S/C22H21ClN2O4S/c1-16-8-9-17(23)14-21(16)25(30(27,28)20-6-4-3-5-7-20)15-22(26)24-18-10-12-19(29-2)13-11-18/h3-14H,15H2,1-2H3,(H,24,26). The molecule has 1 N–H and O–H groups in total. The molecular formula is C22H21ClN2O4S. The van der Waals surface area contributed by atoms with Crippen molar-refractivity contribution < 1.29 is 17.9 Å². The normalized spacial score (nSPS) is 11.0. The fraction of sp³-hybridized carbons (Fsp3) is 0.136. The SMILES string of the molecule is COc1ccc(NC(=O)CN(c2cc(Cl)ccc2C)S(=O)(=O)c2ccccc2)cc1. The Morgan fingerprint density at radius 1 is 1.03 bits per heavy atom. The quantitative estimate of drug-likeness (QED) is 0.582. The molecule has 0 fully saturated rings. The van der Waals surface area contributed by atoms with Gasteiger partial charge in [-0.25, -0.2) is 8.42 Å². The van der Waals surface area contributed by atoms with Crippen LogP contribution in [0.25, 0.3) is 0 Å². The molecule has 3 rings (SSSR count). The Morgan fingerprint density at radius 2 is 1.70 bits per heavy atom. The minimum Gasteiger partial charge on any atom is -0.497 e. The Bertz CT molecular complexity index is 1130. The van der Waals surface area contributed by atoms with Crippen LogP contribution in [0.1, 0.15) is 5.56 Å². The molecule has 0 heterocycles. The van der Waals surface area contributed by atoms with Crippen LogP contribution in [0.4, 0.5) is 11.4 Å². The number of benzene rings is 3. The van der Waals surface area contributed by atoms with Crippen LogP contribution in [-0.4, -0.2) is 28.0 Å². The van der Waals surface area contributed by atoms with E-state index in [1.807, 2.05) is 0 Å². The molecule has 8 heteroatoms. The van der Waals surface area contributed by atoms with E-state index in [9.17, 15) is 13.2 Å². The topological polar surface area (TPSA) is 75.7 Å². The third-order valence-corrected chi connectivity index (χ3v) is 6.44. The minimum atomic E-state index is -4.00. The van der Waals surface area contributed by atoms with Gasteiger partial charge in [0, 0.05) is 10.7 Å². The number of carbonyl (C=O) groups is 1. The first-order valence-electron chi connectivity index (χ1n) is 9.09. The van der Waals surface area contributed by atoms with Crippen molar-refractivity contribution in [2.24, 2.45) is 0 Å². The van der Waals surface area contributed by atoms with E-state index in [1.54, 1.807) is 68.6 Å². The Kier molecular flexibility index (Phi) is 6.64. The summed E-state index contributed by atoms with van der Waals surface area (Å²) in [6.45, 7) is 1.35. The second-order valence-electron chi connectivity index (χ2n) is 6.53. The predicted molar refractivity (Wildman–Crippen MR) is 119 cm³/mol. The van der Waals surface area contributed by atoms with Crippen LogP contribution in [0.5, 0.6) is 5.75 Å². The highest BCUT2D eigenvalue weighted by molar-refractivity contribution is 7.92. The molecule has 1 amide bonds. The van der Waals surface area contributed by atoms with Crippen LogP contribution >= 0.6 is 11.6 Å². The Balaban J connectivity index is 1.95. The van der Waals surface area contributed by atoms with Gasteiger partial charge in [0.25, 0.3) is 10.0 Å². The van der Waals surface area contributed by atoms with Gasteiger partial charge in [-0.05, 0) is 61.0 Å². The summed E-state index contributed by atoms with van der Waals surface area (Å²) in [5.74, 6) is 0.162. The molecule has 0 aliphatic carbocycles. The van der Waals surface area contributed by atoms with Crippen LogP contribution in [0.2, 0.25) is 5.02 Å². The number of ether oxygens (including phenoxy) is 1. The highest BCUT2D eigenvalue weighted by Gasteiger charge is 2.28. The van der Waals surface area contributed by atoms with Crippen molar-refractivity contribution in [1.29, 1.82) is 0 Å². The number of hydrogen-bond acceptors (Lipinski definition) is 4. The van der Waals surface area contributed by atoms with E-state index < -0.39 is 22.5 Å². The van der Waals surface area contributed by atoms with Gasteiger partial charge in [0.05, 0.1) is 17.7 Å². The fourth-order valence-electron chi connectivity index (χ4n) is 2.88. The van der Waals surface area contributed by atoms with Gasteiger partial charge in [0.2, 0.25) is 5.91 Å². The van der Waals surface area contributed by atoms with E-state index in [0.717, 1.165) is 4.31 Å². The van der Waals surface area contributed by atoms with Gasteiger partial charge in [-0.15, -0.1) is 0 Å². The molecule has 6 nitrogen and oxygen atoms in total. The van der Waals surface area contributed by atoms with Crippen molar-refractivity contribution in [3.05, 3.63) is 83.4 Å². The van der Waals surface area contributed by atoms with Crippen LogP contribution in [-0.2, 0) is 14.8 Å². The van der Waals surface area contributed by atoms with Crippen molar-refractivity contribution in [1.82, 2.24) is 0 Å². The molecule has 0 spiro atoms. The first kappa shape index (κ1) is 21.7. The van der Waals surface area contributed by atoms with Crippen molar-refractivity contribution in [3.8, 4) is 5.75 Å². The zero-order valence-electron chi connectivity index (χ0n) is 16.5. The lowest BCUT2D eigenvalue weighted by atomic mass is 10.2. The molecule has 3 aromatic rings. The molecule has 0 bridgehead atoms. The molecule has 0 atom stereocenters. The maximum Gasteiger partial charge on any atom is 0.264 e. The molecule has 0 saturated carbocycles. The smallest absolute Gasteiger partial charge is 0.264 e.